The number of nitrogens with zero attached hydrogens (tertiary/aromatic N) is 2. The van der Waals surface area contributed by atoms with Gasteiger partial charge in [-0.3, -0.25) is 4.79 Å². The number of pyridine rings is 1. The zero-order chi connectivity index (χ0) is 24.0. The second-order valence-electron chi connectivity index (χ2n) is 10.8. The van der Waals surface area contributed by atoms with Crippen molar-refractivity contribution in [2.24, 2.45) is 23.5 Å². The Morgan fingerprint density at radius 1 is 1.33 bits per heavy atom. The van der Waals surface area contributed by atoms with Crippen molar-refractivity contribution >= 4 is 34.2 Å². The number of nitrogens with one attached hydrogen (secondary N) is 1. The van der Waals surface area contributed by atoms with E-state index in [1.807, 2.05) is 18.2 Å². The summed E-state index contributed by atoms with van der Waals surface area (Å²) in [4.78, 5) is 20.2. The van der Waals surface area contributed by atoms with E-state index in [4.69, 9.17) is 22.3 Å². The van der Waals surface area contributed by atoms with Crippen LogP contribution in [-0.2, 0) is 0 Å². The highest BCUT2D eigenvalue weighted by Gasteiger charge is 2.44. The van der Waals surface area contributed by atoms with Gasteiger partial charge in [-0.05, 0) is 68.2 Å². The Kier molecular flexibility index (Phi) is 6.64. The summed E-state index contributed by atoms with van der Waals surface area (Å²) in [7, 11) is 0. The Morgan fingerprint density at radius 3 is 2.76 bits per heavy atom. The van der Waals surface area contributed by atoms with Gasteiger partial charge in [0.05, 0.1) is 27.4 Å². The molecule has 2 unspecified atom stereocenters. The lowest BCUT2D eigenvalue weighted by molar-refractivity contribution is -0.0109. The molecule has 4 atom stereocenters. The quantitative estimate of drug-likeness (QED) is 0.585. The van der Waals surface area contributed by atoms with Gasteiger partial charge in [-0.15, -0.1) is 0 Å². The lowest BCUT2D eigenvalue weighted by Crippen LogP contribution is -2.55. The SMILES string of the molecule is CC(C)C1CCN(c2ccc3c(C(=O)NC[C@]4(O)CCC[C@H](C)C4)c(Cl)ccc3n2)C1(C)N. The molecule has 1 aliphatic carbocycles. The lowest BCUT2D eigenvalue weighted by Gasteiger charge is -2.38. The van der Waals surface area contributed by atoms with Crippen molar-refractivity contribution in [3.8, 4) is 0 Å². The highest BCUT2D eigenvalue weighted by atomic mass is 35.5. The van der Waals surface area contributed by atoms with Crippen LogP contribution in [0.2, 0.25) is 5.02 Å². The third kappa shape index (κ3) is 4.71. The van der Waals surface area contributed by atoms with Gasteiger partial charge in [0.2, 0.25) is 0 Å². The Morgan fingerprint density at radius 2 is 2.09 bits per heavy atom. The number of hydrogen-bond acceptors (Lipinski definition) is 5. The van der Waals surface area contributed by atoms with Crippen LogP contribution in [0.15, 0.2) is 24.3 Å². The number of benzene rings is 1. The summed E-state index contributed by atoms with van der Waals surface area (Å²) in [6.45, 7) is 9.73. The molecule has 6 nitrogen and oxygen atoms in total. The predicted molar refractivity (Wildman–Crippen MR) is 135 cm³/mol. The fraction of sp³-hybridized carbons (Fsp3) is 0.615. The molecule has 2 fully saturated rings. The molecule has 1 aromatic heterocycles. The molecule has 2 aliphatic rings. The minimum absolute atomic E-state index is 0.226. The number of rotatable bonds is 5. The molecular weight excluding hydrogens is 436 g/mol. The van der Waals surface area contributed by atoms with Gasteiger partial charge in [0.15, 0.2) is 0 Å². The standard InChI is InChI=1S/C26H37ClN4O2/c1-16(2)19-11-13-31(25(19,4)28)22-10-7-18-21(30-22)9-8-20(27)23(18)24(32)29-15-26(33)12-5-6-17(3)14-26/h7-10,16-17,19,33H,5-6,11-15,28H2,1-4H3,(H,29,32)/t17-,19?,25?,26-/m0/s1. The highest BCUT2D eigenvalue weighted by molar-refractivity contribution is 6.35. The number of anilines is 1. The van der Waals surface area contributed by atoms with E-state index in [9.17, 15) is 9.90 Å². The van der Waals surface area contributed by atoms with E-state index in [-0.39, 0.29) is 12.5 Å². The summed E-state index contributed by atoms with van der Waals surface area (Å²) in [6.07, 6.45) is 4.53. The summed E-state index contributed by atoms with van der Waals surface area (Å²) in [5.41, 5.74) is 6.53. The molecule has 1 amide bonds. The molecule has 1 aliphatic heterocycles. The highest BCUT2D eigenvalue weighted by Crippen LogP contribution is 2.39. The molecule has 4 rings (SSSR count). The molecule has 33 heavy (non-hydrogen) atoms. The second-order valence-corrected chi connectivity index (χ2v) is 11.2. The monoisotopic (exact) mass is 472 g/mol. The Hall–Kier alpha value is -1.89. The normalized spacial score (nSPS) is 30.2. The maximum Gasteiger partial charge on any atom is 0.253 e. The van der Waals surface area contributed by atoms with Crippen LogP contribution in [0, 0.1) is 17.8 Å². The molecule has 2 heterocycles. The van der Waals surface area contributed by atoms with Crippen molar-refractivity contribution < 1.29 is 9.90 Å². The molecule has 0 bridgehead atoms. The van der Waals surface area contributed by atoms with Crippen molar-refractivity contribution in [1.82, 2.24) is 10.3 Å². The van der Waals surface area contributed by atoms with E-state index in [1.54, 1.807) is 6.07 Å². The predicted octanol–water partition coefficient (Wildman–Crippen LogP) is 4.72. The number of carbonyl (C=O) groups is 1. The van der Waals surface area contributed by atoms with Crippen LogP contribution >= 0.6 is 11.6 Å². The molecule has 1 saturated heterocycles. The van der Waals surface area contributed by atoms with E-state index >= 15 is 0 Å². The van der Waals surface area contributed by atoms with Crippen molar-refractivity contribution in [2.45, 2.75) is 71.1 Å². The van der Waals surface area contributed by atoms with E-state index < -0.39 is 11.3 Å². The molecule has 1 aromatic carbocycles. The largest absolute Gasteiger partial charge is 0.388 e. The second kappa shape index (κ2) is 9.05. The zero-order valence-corrected chi connectivity index (χ0v) is 21.0. The minimum atomic E-state index is -0.857. The van der Waals surface area contributed by atoms with Crippen LogP contribution in [0.25, 0.3) is 10.9 Å². The molecule has 1 saturated carbocycles. The third-order valence-corrected chi connectivity index (χ3v) is 8.07. The van der Waals surface area contributed by atoms with E-state index in [1.165, 1.54) is 0 Å². The number of aliphatic hydroxyl groups is 1. The van der Waals surface area contributed by atoms with Crippen molar-refractivity contribution in [2.75, 3.05) is 18.0 Å². The van der Waals surface area contributed by atoms with Gasteiger partial charge in [-0.25, -0.2) is 4.98 Å². The summed E-state index contributed by atoms with van der Waals surface area (Å²) >= 11 is 6.46. The van der Waals surface area contributed by atoms with Crippen LogP contribution in [0.5, 0.6) is 0 Å². The first kappa shape index (κ1) is 24.2. The average molecular weight is 473 g/mol. The number of hydrogen-bond donors (Lipinski definition) is 3. The van der Waals surface area contributed by atoms with E-state index in [2.05, 4.69) is 37.9 Å². The number of carbonyl (C=O) groups excluding carboxylic acids is 1. The molecule has 180 valence electrons. The molecule has 0 radical (unpaired) electrons. The maximum atomic E-state index is 13.1. The fourth-order valence-corrected chi connectivity index (χ4v) is 6.30. The number of aromatic nitrogens is 1. The maximum absolute atomic E-state index is 13.1. The van der Waals surface area contributed by atoms with Gasteiger partial charge >= 0.3 is 0 Å². The molecule has 7 heteroatoms. The number of nitrogens with two attached hydrogens (primary N) is 1. The van der Waals surface area contributed by atoms with Gasteiger partial charge in [0.25, 0.3) is 5.91 Å². The van der Waals surface area contributed by atoms with Crippen LogP contribution in [0.3, 0.4) is 0 Å². The molecule has 4 N–H and O–H groups in total. The Labute approximate surface area is 201 Å². The summed E-state index contributed by atoms with van der Waals surface area (Å²) < 4.78 is 0. The van der Waals surface area contributed by atoms with Gasteiger partial charge in [0.1, 0.15) is 5.82 Å². The summed E-state index contributed by atoms with van der Waals surface area (Å²) in [5.74, 6) is 1.86. The first-order valence-electron chi connectivity index (χ1n) is 12.2. The summed E-state index contributed by atoms with van der Waals surface area (Å²) in [5, 5.41) is 14.9. The first-order valence-corrected chi connectivity index (χ1v) is 12.6. The van der Waals surface area contributed by atoms with Gasteiger partial charge in [0, 0.05) is 18.5 Å². The van der Waals surface area contributed by atoms with Crippen molar-refractivity contribution in [3.63, 3.8) is 0 Å². The lowest BCUT2D eigenvalue weighted by atomic mass is 9.79. The molecular formula is C26H37ClN4O2. The Balaban J connectivity index is 1.59. The first-order chi connectivity index (χ1) is 15.5. The summed E-state index contributed by atoms with van der Waals surface area (Å²) in [6, 6.07) is 7.40. The van der Waals surface area contributed by atoms with Crippen LogP contribution in [0.4, 0.5) is 5.82 Å². The topological polar surface area (TPSA) is 91.5 Å². The van der Waals surface area contributed by atoms with Gasteiger partial charge in [-0.1, -0.05) is 45.2 Å². The zero-order valence-electron chi connectivity index (χ0n) is 20.2. The van der Waals surface area contributed by atoms with E-state index in [0.717, 1.165) is 31.6 Å². The molecule has 0 spiro atoms. The van der Waals surface area contributed by atoms with Gasteiger partial charge in [-0.2, -0.15) is 0 Å². The smallest absolute Gasteiger partial charge is 0.253 e. The number of amides is 1. The number of halogens is 1. The fourth-order valence-electron chi connectivity index (χ4n) is 6.04. The Bertz CT molecular complexity index is 1040. The van der Waals surface area contributed by atoms with Crippen LogP contribution in [0.1, 0.15) is 70.2 Å². The van der Waals surface area contributed by atoms with Crippen LogP contribution < -0.4 is 16.0 Å². The van der Waals surface area contributed by atoms with Gasteiger partial charge < -0.3 is 21.1 Å². The average Bonchev–Trinajstić information content (AvgIpc) is 3.06. The number of fused-ring (bicyclic) bond motifs is 1. The van der Waals surface area contributed by atoms with Crippen LogP contribution in [-0.4, -0.2) is 40.4 Å². The molecule has 2 aromatic rings. The van der Waals surface area contributed by atoms with Crippen molar-refractivity contribution in [3.05, 3.63) is 34.9 Å². The minimum Gasteiger partial charge on any atom is -0.388 e. The van der Waals surface area contributed by atoms with E-state index in [0.29, 0.717) is 52.1 Å². The third-order valence-electron chi connectivity index (χ3n) is 7.76. The van der Waals surface area contributed by atoms with Crippen molar-refractivity contribution in [1.29, 1.82) is 0 Å².